The number of methoxy groups -OCH3 is 1. The number of carbonyl (C=O) groups excluding carboxylic acids is 1. The van der Waals surface area contributed by atoms with Gasteiger partial charge in [0.05, 0.1) is 18.9 Å². The molecule has 2 rings (SSSR count). The van der Waals surface area contributed by atoms with Gasteiger partial charge in [0.25, 0.3) is 0 Å². The van der Waals surface area contributed by atoms with Crippen molar-refractivity contribution in [3.05, 3.63) is 64.7 Å². The first-order valence-electron chi connectivity index (χ1n) is 9.01. The highest BCUT2D eigenvalue weighted by atomic mass is 32.2. The summed E-state index contributed by atoms with van der Waals surface area (Å²) in [5, 5.41) is 3.13. The molecule has 0 fully saturated rings. The fourth-order valence-corrected chi connectivity index (χ4v) is 3.81. The smallest absolute Gasteiger partial charge is 0.230 e. The summed E-state index contributed by atoms with van der Waals surface area (Å²) in [6, 6.07) is 14.4. The van der Waals surface area contributed by atoms with Crippen molar-refractivity contribution in [3.63, 3.8) is 0 Å². The normalized spacial score (nSPS) is 12.1. The van der Waals surface area contributed by atoms with Gasteiger partial charge in [0, 0.05) is 5.75 Å². The van der Waals surface area contributed by atoms with Crippen LogP contribution in [0.4, 0.5) is 0 Å². The molecule has 2 aromatic carbocycles. The molecule has 0 heterocycles. The van der Waals surface area contributed by atoms with Crippen LogP contribution in [0.3, 0.4) is 0 Å². The van der Waals surface area contributed by atoms with E-state index in [-0.39, 0.29) is 11.9 Å². The second-order valence-electron chi connectivity index (χ2n) is 6.87. The van der Waals surface area contributed by atoms with E-state index in [1.54, 1.807) is 18.9 Å². The lowest BCUT2D eigenvalue weighted by molar-refractivity contribution is -0.119. The fraction of sp³-hybridized carbons (Fsp3) is 0.409. The quantitative estimate of drug-likeness (QED) is 0.690. The van der Waals surface area contributed by atoms with Crippen molar-refractivity contribution >= 4 is 17.7 Å². The van der Waals surface area contributed by atoms with Gasteiger partial charge in [-0.25, -0.2) is 0 Å². The lowest BCUT2D eigenvalue weighted by Crippen LogP contribution is -2.28. The molecule has 1 unspecified atom stereocenters. The zero-order chi connectivity index (χ0) is 19.1. The monoisotopic (exact) mass is 371 g/mol. The molecule has 1 atom stereocenters. The minimum Gasteiger partial charge on any atom is -0.496 e. The third-order valence-electron chi connectivity index (χ3n) is 4.43. The third kappa shape index (κ3) is 5.53. The lowest BCUT2D eigenvalue weighted by Gasteiger charge is -2.21. The molecule has 0 saturated heterocycles. The second kappa shape index (κ2) is 9.67. The van der Waals surface area contributed by atoms with Crippen LogP contribution in [0.15, 0.2) is 42.5 Å². The van der Waals surface area contributed by atoms with Gasteiger partial charge in [-0.05, 0) is 54.2 Å². The Labute approximate surface area is 161 Å². The topological polar surface area (TPSA) is 38.3 Å². The van der Waals surface area contributed by atoms with Crippen LogP contribution in [0.5, 0.6) is 5.75 Å². The maximum atomic E-state index is 12.3. The summed E-state index contributed by atoms with van der Waals surface area (Å²) < 4.78 is 5.51. The molecule has 0 aliphatic rings. The van der Waals surface area contributed by atoms with Crippen LogP contribution in [0.2, 0.25) is 0 Å². The average Bonchev–Trinajstić information content (AvgIpc) is 2.61. The Morgan fingerprint density at radius 1 is 1.12 bits per heavy atom. The summed E-state index contributed by atoms with van der Waals surface area (Å²) in [5.74, 6) is 2.67. The molecule has 1 amide bonds. The highest BCUT2D eigenvalue weighted by Gasteiger charge is 2.16. The van der Waals surface area contributed by atoms with Crippen molar-refractivity contribution < 1.29 is 9.53 Å². The predicted octanol–water partition coefficient (Wildman–Crippen LogP) is 5.24. The van der Waals surface area contributed by atoms with E-state index in [9.17, 15) is 4.79 Å². The summed E-state index contributed by atoms with van der Waals surface area (Å²) in [6.45, 7) is 8.41. The van der Waals surface area contributed by atoms with Crippen molar-refractivity contribution in [2.45, 2.75) is 45.4 Å². The van der Waals surface area contributed by atoms with Gasteiger partial charge in [0.1, 0.15) is 5.75 Å². The first kappa shape index (κ1) is 20.4. The summed E-state index contributed by atoms with van der Waals surface area (Å²) in [6.07, 6.45) is 0. The summed E-state index contributed by atoms with van der Waals surface area (Å²) in [5.41, 5.74) is 4.70. The van der Waals surface area contributed by atoms with Gasteiger partial charge in [-0.15, -0.1) is 11.8 Å². The number of rotatable bonds is 8. The highest BCUT2D eigenvalue weighted by molar-refractivity contribution is 7.99. The summed E-state index contributed by atoms with van der Waals surface area (Å²) >= 11 is 1.64. The SMILES string of the molecule is COc1cc(C)c(C(C)NC(=O)CSCc2ccccc2)cc1C(C)C. The van der Waals surface area contributed by atoms with Crippen molar-refractivity contribution in [2.75, 3.05) is 12.9 Å². The molecule has 26 heavy (non-hydrogen) atoms. The zero-order valence-electron chi connectivity index (χ0n) is 16.3. The molecule has 1 N–H and O–H groups in total. The van der Waals surface area contributed by atoms with Crippen LogP contribution in [0, 0.1) is 6.92 Å². The van der Waals surface area contributed by atoms with Crippen molar-refractivity contribution in [3.8, 4) is 5.75 Å². The summed E-state index contributed by atoms with van der Waals surface area (Å²) in [4.78, 5) is 12.3. The van der Waals surface area contributed by atoms with E-state index in [4.69, 9.17) is 4.74 Å². The van der Waals surface area contributed by atoms with Crippen LogP contribution in [0.1, 0.15) is 55.0 Å². The minimum absolute atomic E-state index is 0.0248. The van der Waals surface area contributed by atoms with Crippen LogP contribution in [0.25, 0.3) is 0 Å². The Bertz CT molecular complexity index is 728. The minimum atomic E-state index is -0.0248. The highest BCUT2D eigenvalue weighted by Crippen LogP contribution is 2.32. The standard InChI is InChI=1S/C22H29NO2S/c1-15(2)19-12-20(16(3)11-21(19)25-5)17(4)23-22(24)14-26-13-18-9-7-6-8-10-18/h6-12,15,17H,13-14H2,1-5H3,(H,23,24). The number of ether oxygens (including phenoxy) is 1. The Morgan fingerprint density at radius 2 is 1.81 bits per heavy atom. The first-order chi connectivity index (χ1) is 12.4. The van der Waals surface area contributed by atoms with Crippen molar-refractivity contribution in [1.82, 2.24) is 5.32 Å². The van der Waals surface area contributed by atoms with Gasteiger partial charge < -0.3 is 10.1 Å². The van der Waals surface area contributed by atoms with Crippen molar-refractivity contribution in [2.24, 2.45) is 0 Å². The maximum Gasteiger partial charge on any atom is 0.230 e. The third-order valence-corrected chi connectivity index (χ3v) is 5.43. The molecule has 0 aliphatic heterocycles. The van der Waals surface area contributed by atoms with E-state index in [1.807, 2.05) is 25.1 Å². The zero-order valence-corrected chi connectivity index (χ0v) is 17.2. The fourth-order valence-electron chi connectivity index (χ4n) is 3.01. The van der Waals surface area contributed by atoms with E-state index < -0.39 is 0 Å². The van der Waals surface area contributed by atoms with E-state index in [0.717, 1.165) is 22.6 Å². The van der Waals surface area contributed by atoms with Crippen LogP contribution in [-0.4, -0.2) is 18.8 Å². The van der Waals surface area contributed by atoms with Gasteiger partial charge in [0.2, 0.25) is 5.91 Å². The van der Waals surface area contributed by atoms with Crippen molar-refractivity contribution in [1.29, 1.82) is 0 Å². The number of benzene rings is 2. The molecule has 3 nitrogen and oxygen atoms in total. The molecule has 0 aliphatic carbocycles. The lowest BCUT2D eigenvalue weighted by atomic mass is 9.93. The van der Waals surface area contributed by atoms with E-state index in [0.29, 0.717) is 11.7 Å². The molecular weight excluding hydrogens is 342 g/mol. The van der Waals surface area contributed by atoms with Crippen LogP contribution in [-0.2, 0) is 10.5 Å². The number of hydrogen-bond donors (Lipinski definition) is 1. The number of aryl methyl sites for hydroxylation is 1. The molecule has 0 aromatic heterocycles. The molecule has 2 aromatic rings. The molecule has 4 heteroatoms. The van der Waals surface area contributed by atoms with Gasteiger partial charge in [-0.1, -0.05) is 44.2 Å². The van der Waals surface area contributed by atoms with Crippen LogP contribution >= 0.6 is 11.8 Å². The number of thioether (sulfide) groups is 1. The molecular formula is C22H29NO2S. The predicted molar refractivity (Wildman–Crippen MR) is 111 cm³/mol. The molecule has 0 radical (unpaired) electrons. The Kier molecular flexibility index (Phi) is 7.58. The number of nitrogens with one attached hydrogen (secondary N) is 1. The maximum absolute atomic E-state index is 12.3. The Morgan fingerprint density at radius 3 is 2.42 bits per heavy atom. The summed E-state index contributed by atoms with van der Waals surface area (Å²) in [7, 11) is 1.70. The number of amides is 1. The second-order valence-corrected chi connectivity index (χ2v) is 7.86. The van der Waals surface area contributed by atoms with Gasteiger partial charge in [-0.3, -0.25) is 4.79 Å². The number of hydrogen-bond acceptors (Lipinski definition) is 3. The molecule has 0 saturated carbocycles. The van der Waals surface area contributed by atoms with E-state index in [1.165, 1.54) is 11.1 Å². The van der Waals surface area contributed by atoms with Gasteiger partial charge >= 0.3 is 0 Å². The van der Waals surface area contributed by atoms with Gasteiger partial charge in [-0.2, -0.15) is 0 Å². The molecule has 140 valence electrons. The van der Waals surface area contributed by atoms with Gasteiger partial charge in [0.15, 0.2) is 0 Å². The molecule has 0 bridgehead atoms. The molecule has 0 spiro atoms. The van der Waals surface area contributed by atoms with Crippen LogP contribution < -0.4 is 10.1 Å². The first-order valence-corrected chi connectivity index (χ1v) is 10.2. The van der Waals surface area contributed by atoms with E-state index >= 15 is 0 Å². The Balaban J connectivity index is 1.97. The Hall–Kier alpha value is -1.94. The largest absolute Gasteiger partial charge is 0.496 e. The number of carbonyl (C=O) groups is 1. The average molecular weight is 372 g/mol. The van der Waals surface area contributed by atoms with E-state index in [2.05, 4.69) is 50.4 Å².